The molecule has 8 heavy (non-hydrogen) atoms. The molecule has 3 nitrogen and oxygen atoms in total. The Balaban J connectivity index is 0. The van der Waals surface area contributed by atoms with Crippen molar-refractivity contribution in [3.8, 4) is 0 Å². The van der Waals surface area contributed by atoms with Crippen molar-refractivity contribution in [2.45, 2.75) is 0 Å². The van der Waals surface area contributed by atoms with Crippen LogP contribution in [0.3, 0.4) is 0 Å². The molecule has 0 amide bonds. The Morgan fingerprint density at radius 2 is 2.25 bits per heavy atom. The zero-order chi connectivity index (χ0) is 5.70. The summed E-state index contributed by atoms with van der Waals surface area (Å²) >= 11 is 0. The molecule has 0 N–H and O–H groups in total. The van der Waals surface area contributed by atoms with Crippen molar-refractivity contribution in [2.24, 2.45) is 0 Å². The summed E-state index contributed by atoms with van der Waals surface area (Å²) in [6.07, 6.45) is 1.93. The fourth-order valence-electron chi connectivity index (χ4n) is 0.105. The molecule has 0 aliphatic heterocycles. The smallest absolute Gasteiger partial charge is 0.193 e. The maximum atomic E-state index is 9.89. The average molecular weight is 208 g/mol. The fraction of sp³-hybridized carbons (Fsp3) is 0.250. The molecule has 0 aliphatic rings. The third-order valence-electron chi connectivity index (χ3n) is 0.303. The minimum absolute atomic E-state index is 0. The molecule has 0 saturated heterocycles. The van der Waals surface area contributed by atoms with Gasteiger partial charge in [0.15, 0.2) is 5.97 Å². The van der Waals surface area contributed by atoms with E-state index in [0.29, 0.717) is 0 Å². The van der Waals surface area contributed by atoms with Crippen LogP contribution >= 0.6 is 0 Å². The van der Waals surface area contributed by atoms with Gasteiger partial charge in [-0.15, -0.1) is 0 Å². The van der Waals surface area contributed by atoms with Gasteiger partial charge in [0.2, 0.25) is 0 Å². The van der Waals surface area contributed by atoms with Gasteiger partial charge in [-0.1, -0.05) is 0 Å². The molecule has 0 aromatic rings. The van der Waals surface area contributed by atoms with Gasteiger partial charge in [-0.3, -0.25) is 11.4 Å². The first kappa shape index (κ1) is 10.7. The molecule has 0 atom stereocenters. The van der Waals surface area contributed by atoms with Crippen molar-refractivity contribution in [1.29, 1.82) is 0 Å². The second-order valence-corrected chi connectivity index (χ2v) is 0.714. The predicted molar refractivity (Wildman–Crippen MR) is 22.0 cm³/mol. The standard InChI is InChI=1S/C4H5O3.Pd/c1-3-4(5)7-6-2;/h1H2,2H3;/q-1;. The van der Waals surface area contributed by atoms with Crippen LogP contribution < -0.4 is 0 Å². The quantitative estimate of drug-likeness (QED) is 0.211. The average Bonchev–Trinajstić information content (AvgIpc) is 1.68. The first-order valence-electron chi connectivity index (χ1n) is 1.59. The van der Waals surface area contributed by atoms with Crippen molar-refractivity contribution in [1.82, 2.24) is 0 Å². The van der Waals surface area contributed by atoms with Crippen LogP contribution in [0.2, 0.25) is 0 Å². The molecule has 0 aliphatic carbocycles. The van der Waals surface area contributed by atoms with Crippen molar-refractivity contribution in [3.05, 3.63) is 12.7 Å². The van der Waals surface area contributed by atoms with E-state index < -0.39 is 5.97 Å². The zero-order valence-electron chi connectivity index (χ0n) is 4.25. The van der Waals surface area contributed by atoms with Crippen LogP contribution in [0.15, 0.2) is 6.58 Å². The first-order chi connectivity index (χ1) is 3.31. The number of hydrogen-bond donors (Lipinski definition) is 0. The monoisotopic (exact) mass is 207 g/mol. The van der Waals surface area contributed by atoms with Gasteiger partial charge in [-0.2, -0.15) is 4.89 Å². The molecule has 0 aromatic carbocycles. The Kier molecular flexibility index (Phi) is 9.18. The molecular formula is C4H5O3Pd-. The molecule has 0 aromatic heterocycles. The summed E-state index contributed by atoms with van der Waals surface area (Å²) in [5, 5.41) is 0. The van der Waals surface area contributed by atoms with E-state index in [-0.39, 0.29) is 20.4 Å². The maximum absolute atomic E-state index is 9.89. The number of carbonyl (C=O) groups is 1. The van der Waals surface area contributed by atoms with Crippen LogP contribution in [0.25, 0.3) is 0 Å². The first-order valence-corrected chi connectivity index (χ1v) is 1.59. The van der Waals surface area contributed by atoms with E-state index in [1.807, 2.05) is 6.08 Å². The van der Waals surface area contributed by atoms with Gasteiger partial charge in [0.1, 0.15) is 0 Å². The van der Waals surface area contributed by atoms with Crippen LogP contribution in [0.1, 0.15) is 0 Å². The minimum atomic E-state index is -0.706. The second kappa shape index (κ2) is 6.83. The fourth-order valence-corrected chi connectivity index (χ4v) is 0.105. The Morgan fingerprint density at radius 3 is 2.38 bits per heavy atom. The van der Waals surface area contributed by atoms with Crippen molar-refractivity contribution in [3.63, 3.8) is 0 Å². The van der Waals surface area contributed by atoms with Gasteiger partial charge in [-0.25, -0.2) is 0 Å². The predicted octanol–water partition coefficient (Wildman–Crippen LogP) is 0.0777. The van der Waals surface area contributed by atoms with Gasteiger partial charge in [0, 0.05) is 20.4 Å². The van der Waals surface area contributed by atoms with E-state index in [9.17, 15) is 4.79 Å². The van der Waals surface area contributed by atoms with E-state index in [2.05, 4.69) is 16.4 Å². The van der Waals surface area contributed by atoms with Gasteiger partial charge in [0.25, 0.3) is 0 Å². The molecule has 0 fully saturated rings. The van der Waals surface area contributed by atoms with Crippen molar-refractivity contribution in [2.75, 3.05) is 7.11 Å². The number of rotatable bonds is 2. The molecule has 0 spiro atoms. The summed E-state index contributed by atoms with van der Waals surface area (Å²) in [4.78, 5) is 17.7. The summed E-state index contributed by atoms with van der Waals surface area (Å²) < 4.78 is 0. The minimum Gasteiger partial charge on any atom is -0.386 e. The zero-order valence-corrected chi connectivity index (χ0v) is 5.80. The molecule has 0 bridgehead atoms. The molecular weight excluding hydrogens is 202 g/mol. The van der Waals surface area contributed by atoms with E-state index in [1.54, 1.807) is 0 Å². The Morgan fingerprint density at radius 1 is 1.75 bits per heavy atom. The van der Waals surface area contributed by atoms with E-state index in [4.69, 9.17) is 0 Å². The van der Waals surface area contributed by atoms with Gasteiger partial charge in [-0.05, 0) is 0 Å². The Hall–Kier alpha value is -0.168. The molecule has 0 rings (SSSR count). The molecule has 0 unspecified atom stereocenters. The summed E-state index contributed by atoms with van der Waals surface area (Å²) in [5.74, 6) is -0.706. The van der Waals surface area contributed by atoms with Crippen LogP contribution in [-0.4, -0.2) is 13.1 Å². The second-order valence-electron chi connectivity index (χ2n) is 0.714. The normalized spacial score (nSPS) is 6.62. The molecule has 50 valence electrons. The summed E-state index contributed by atoms with van der Waals surface area (Å²) in [6.45, 7) is 3.00. The van der Waals surface area contributed by atoms with Crippen LogP contribution in [0.4, 0.5) is 0 Å². The van der Waals surface area contributed by atoms with Gasteiger partial charge in [0.05, 0.1) is 7.11 Å². The van der Waals surface area contributed by atoms with E-state index >= 15 is 0 Å². The molecule has 0 heterocycles. The Labute approximate surface area is 61.2 Å². The van der Waals surface area contributed by atoms with Gasteiger partial charge < -0.3 is 11.0 Å². The van der Waals surface area contributed by atoms with E-state index in [1.165, 1.54) is 7.11 Å². The topological polar surface area (TPSA) is 35.5 Å². The van der Waals surface area contributed by atoms with Crippen molar-refractivity contribution >= 4 is 5.97 Å². The number of hydrogen-bond acceptors (Lipinski definition) is 3. The van der Waals surface area contributed by atoms with Crippen LogP contribution in [0.5, 0.6) is 0 Å². The van der Waals surface area contributed by atoms with Crippen molar-refractivity contribution < 1.29 is 35.0 Å². The summed E-state index contributed by atoms with van der Waals surface area (Å²) in [7, 11) is 1.23. The van der Waals surface area contributed by atoms with E-state index in [0.717, 1.165) is 0 Å². The summed E-state index contributed by atoms with van der Waals surface area (Å²) in [6, 6.07) is 0. The Bertz CT molecular complexity index is 81.4. The summed E-state index contributed by atoms with van der Waals surface area (Å²) in [5.41, 5.74) is 0. The number of carbonyl (C=O) groups excluding carboxylic acids is 1. The third kappa shape index (κ3) is 5.83. The molecule has 4 heteroatoms. The third-order valence-corrected chi connectivity index (χ3v) is 0.303. The molecule has 0 saturated carbocycles. The molecule has 0 radical (unpaired) electrons. The van der Waals surface area contributed by atoms with Gasteiger partial charge >= 0.3 is 0 Å². The largest absolute Gasteiger partial charge is 0.386 e. The van der Waals surface area contributed by atoms with Crippen LogP contribution in [-0.2, 0) is 35.0 Å². The van der Waals surface area contributed by atoms with Crippen LogP contribution in [0, 0.1) is 6.08 Å². The maximum Gasteiger partial charge on any atom is 0.193 e. The SMILES string of the molecule is C=[C-]C(=O)OOC.[Pd].